The zero-order valence-electron chi connectivity index (χ0n) is 14.5. The molecule has 3 rings (SSSR count). The summed E-state index contributed by atoms with van der Waals surface area (Å²) in [7, 11) is 1.58. The number of aromatic nitrogens is 1. The number of aryl methyl sites for hydroxylation is 1. The van der Waals surface area contributed by atoms with E-state index in [0.29, 0.717) is 16.3 Å². The van der Waals surface area contributed by atoms with Crippen LogP contribution in [0.15, 0.2) is 33.7 Å². The van der Waals surface area contributed by atoms with Gasteiger partial charge in [0.05, 0.1) is 23.0 Å². The zero-order chi connectivity index (χ0) is 19.8. The molecule has 2 heterocycles. The number of nitrogens with one attached hydrogen (secondary N) is 1. The number of thioether (sulfide) groups is 1. The maximum Gasteiger partial charge on any atom is 0.416 e. The van der Waals surface area contributed by atoms with Crippen molar-refractivity contribution in [2.75, 3.05) is 12.4 Å². The third-order valence-electron chi connectivity index (χ3n) is 3.99. The number of benzene rings is 1. The summed E-state index contributed by atoms with van der Waals surface area (Å²) in [5.41, 5.74) is -0.136. The monoisotopic (exact) mass is 399 g/mol. The molecular formula is C17H16F3N3O3S. The number of fused-ring (bicyclic) bond motifs is 1. The van der Waals surface area contributed by atoms with E-state index in [1.54, 1.807) is 20.0 Å². The number of hydrogen-bond donors (Lipinski definition) is 1. The highest BCUT2D eigenvalue weighted by molar-refractivity contribution is 8.01. The largest absolute Gasteiger partial charge is 0.416 e. The van der Waals surface area contributed by atoms with Gasteiger partial charge in [-0.05, 0) is 25.1 Å². The average molecular weight is 399 g/mol. The standard InChI is InChI=1S/C17H16F3N3O3S/c1-9-5-11(22-26-9)8-23(2)15(24)7-14-16(25)21-12-6-10(17(18,19)20)3-4-13(12)27-14/h3-6,14H,7-8H2,1-2H3,(H,21,25)/t14-/m0/s1. The molecular weight excluding hydrogens is 383 g/mol. The van der Waals surface area contributed by atoms with E-state index >= 15 is 0 Å². The molecule has 0 aliphatic carbocycles. The van der Waals surface area contributed by atoms with E-state index in [0.717, 1.165) is 23.9 Å². The number of halogens is 3. The summed E-state index contributed by atoms with van der Waals surface area (Å²) in [6.45, 7) is 1.98. The van der Waals surface area contributed by atoms with E-state index in [9.17, 15) is 22.8 Å². The quantitative estimate of drug-likeness (QED) is 0.852. The van der Waals surface area contributed by atoms with Crippen molar-refractivity contribution in [3.05, 3.63) is 41.3 Å². The van der Waals surface area contributed by atoms with Crippen LogP contribution in [0.5, 0.6) is 0 Å². The predicted molar refractivity (Wildman–Crippen MR) is 92.0 cm³/mol. The van der Waals surface area contributed by atoms with Crippen LogP contribution < -0.4 is 5.32 Å². The first-order valence-electron chi connectivity index (χ1n) is 7.98. The van der Waals surface area contributed by atoms with Crippen LogP contribution in [0.1, 0.15) is 23.4 Å². The van der Waals surface area contributed by atoms with Crippen LogP contribution in [-0.2, 0) is 22.3 Å². The lowest BCUT2D eigenvalue weighted by molar-refractivity contribution is -0.137. The number of carbonyl (C=O) groups is 2. The Labute approximate surface area is 157 Å². The Morgan fingerprint density at radius 2 is 2.11 bits per heavy atom. The topological polar surface area (TPSA) is 75.4 Å². The number of amides is 2. The average Bonchev–Trinajstić information content (AvgIpc) is 2.99. The zero-order valence-corrected chi connectivity index (χ0v) is 15.3. The lowest BCUT2D eigenvalue weighted by Gasteiger charge is -2.26. The highest BCUT2D eigenvalue weighted by Crippen LogP contribution is 2.40. The Morgan fingerprint density at radius 3 is 2.74 bits per heavy atom. The van der Waals surface area contributed by atoms with Gasteiger partial charge in [-0.25, -0.2) is 0 Å². The summed E-state index contributed by atoms with van der Waals surface area (Å²) in [5.74, 6) is -0.146. The van der Waals surface area contributed by atoms with Gasteiger partial charge in [0.2, 0.25) is 11.8 Å². The van der Waals surface area contributed by atoms with E-state index in [1.165, 1.54) is 11.0 Å². The second kappa shape index (κ2) is 7.26. The molecule has 0 fully saturated rings. The van der Waals surface area contributed by atoms with Crippen LogP contribution >= 0.6 is 11.8 Å². The molecule has 0 spiro atoms. The molecule has 1 N–H and O–H groups in total. The smallest absolute Gasteiger partial charge is 0.361 e. The van der Waals surface area contributed by atoms with Crippen LogP contribution in [-0.4, -0.2) is 34.2 Å². The molecule has 1 atom stereocenters. The number of alkyl halides is 3. The first kappa shape index (κ1) is 19.3. The summed E-state index contributed by atoms with van der Waals surface area (Å²) in [4.78, 5) is 26.5. The number of rotatable bonds is 4. The predicted octanol–water partition coefficient (Wildman–Crippen LogP) is 3.46. The molecule has 2 amide bonds. The molecule has 1 aromatic heterocycles. The van der Waals surface area contributed by atoms with E-state index < -0.39 is 22.9 Å². The van der Waals surface area contributed by atoms with Crippen molar-refractivity contribution in [1.29, 1.82) is 0 Å². The van der Waals surface area contributed by atoms with Crippen molar-refractivity contribution >= 4 is 29.3 Å². The molecule has 2 aromatic rings. The molecule has 144 valence electrons. The van der Waals surface area contributed by atoms with Crippen LogP contribution in [0.2, 0.25) is 0 Å². The van der Waals surface area contributed by atoms with Crippen molar-refractivity contribution < 1.29 is 27.3 Å². The Kier molecular flexibility index (Phi) is 5.18. The van der Waals surface area contributed by atoms with Crippen LogP contribution in [0.4, 0.5) is 18.9 Å². The summed E-state index contributed by atoms with van der Waals surface area (Å²) in [6, 6.07) is 4.88. The molecule has 0 saturated heterocycles. The minimum absolute atomic E-state index is 0.0791. The first-order valence-corrected chi connectivity index (χ1v) is 8.86. The molecule has 1 aromatic carbocycles. The molecule has 0 unspecified atom stereocenters. The van der Waals surface area contributed by atoms with Gasteiger partial charge in [0, 0.05) is 24.4 Å². The van der Waals surface area contributed by atoms with Gasteiger partial charge >= 0.3 is 6.18 Å². The fourth-order valence-electron chi connectivity index (χ4n) is 2.60. The van der Waals surface area contributed by atoms with Gasteiger partial charge in [0.15, 0.2) is 0 Å². The highest BCUT2D eigenvalue weighted by atomic mass is 32.2. The normalized spacial score (nSPS) is 16.6. The third-order valence-corrected chi connectivity index (χ3v) is 5.26. The molecule has 1 aliphatic heterocycles. The minimum Gasteiger partial charge on any atom is -0.361 e. The van der Waals surface area contributed by atoms with Gasteiger partial charge < -0.3 is 14.7 Å². The molecule has 0 bridgehead atoms. The second-order valence-corrected chi connectivity index (χ2v) is 7.43. The van der Waals surface area contributed by atoms with Gasteiger partial charge in [-0.3, -0.25) is 9.59 Å². The molecule has 27 heavy (non-hydrogen) atoms. The van der Waals surface area contributed by atoms with Gasteiger partial charge in [0.25, 0.3) is 0 Å². The van der Waals surface area contributed by atoms with E-state index in [-0.39, 0.29) is 24.6 Å². The van der Waals surface area contributed by atoms with Crippen molar-refractivity contribution in [1.82, 2.24) is 10.1 Å². The van der Waals surface area contributed by atoms with E-state index in [2.05, 4.69) is 10.5 Å². The lowest BCUT2D eigenvalue weighted by atomic mass is 10.1. The summed E-state index contributed by atoms with van der Waals surface area (Å²) in [5, 5.41) is 5.56. The van der Waals surface area contributed by atoms with Crippen molar-refractivity contribution in [2.24, 2.45) is 0 Å². The highest BCUT2D eigenvalue weighted by Gasteiger charge is 2.34. The Balaban J connectivity index is 1.66. The van der Waals surface area contributed by atoms with Crippen molar-refractivity contribution in [2.45, 2.75) is 36.2 Å². The number of anilines is 1. The number of nitrogens with zero attached hydrogens (tertiary/aromatic N) is 2. The fourth-order valence-corrected chi connectivity index (χ4v) is 3.68. The maximum atomic E-state index is 12.8. The third kappa shape index (κ3) is 4.44. The second-order valence-electron chi connectivity index (χ2n) is 6.19. The molecule has 0 saturated carbocycles. The molecule has 1 aliphatic rings. The van der Waals surface area contributed by atoms with Crippen LogP contribution in [0.3, 0.4) is 0 Å². The van der Waals surface area contributed by atoms with Gasteiger partial charge in [-0.15, -0.1) is 11.8 Å². The summed E-state index contributed by atoms with van der Waals surface area (Å²) < 4.78 is 43.3. The number of hydrogen-bond acceptors (Lipinski definition) is 5. The maximum absolute atomic E-state index is 12.8. The van der Waals surface area contributed by atoms with Gasteiger partial charge in [0.1, 0.15) is 11.5 Å². The first-order chi connectivity index (χ1) is 12.6. The molecule has 6 nitrogen and oxygen atoms in total. The Bertz CT molecular complexity index is 882. The van der Waals surface area contributed by atoms with Crippen LogP contribution in [0.25, 0.3) is 0 Å². The Morgan fingerprint density at radius 1 is 1.37 bits per heavy atom. The fraction of sp³-hybridized carbons (Fsp3) is 0.353. The Hall–Kier alpha value is -2.49. The van der Waals surface area contributed by atoms with Crippen molar-refractivity contribution in [3.8, 4) is 0 Å². The van der Waals surface area contributed by atoms with Gasteiger partial charge in [-0.2, -0.15) is 13.2 Å². The molecule has 0 radical (unpaired) electrons. The van der Waals surface area contributed by atoms with E-state index in [4.69, 9.17) is 4.52 Å². The van der Waals surface area contributed by atoms with Crippen LogP contribution in [0, 0.1) is 6.92 Å². The van der Waals surface area contributed by atoms with Crippen molar-refractivity contribution in [3.63, 3.8) is 0 Å². The lowest BCUT2D eigenvalue weighted by Crippen LogP contribution is -2.35. The summed E-state index contributed by atoms with van der Waals surface area (Å²) >= 11 is 1.08. The summed E-state index contributed by atoms with van der Waals surface area (Å²) in [6.07, 6.45) is -4.57. The SMILES string of the molecule is Cc1cc(CN(C)C(=O)C[C@@H]2Sc3ccc(C(F)(F)F)cc3NC2=O)no1. The molecule has 10 heteroatoms. The number of carbonyl (C=O) groups excluding carboxylic acids is 2. The van der Waals surface area contributed by atoms with Gasteiger partial charge in [-0.1, -0.05) is 5.16 Å². The minimum atomic E-state index is -4.49. The van der Waals surface area contributed by atoms with E-state index in [1.807, 2.05) is 0 Å².